The number of benzene rings is 1. The van der Waals surface area contributed by atoms with Crippen LogP contribution in [0.4, 0.5) is 0 Å². The molecule has 1 aliphatic heterocycles. The fourth-order valence-electron chi connectivity index (χ4n) is 4.19. The molecule has 4 nitrogen and oxygen atoms in total. The summed E-state index contributed by atoms with van der Waals surface area (Å²) in [4.78, 5) is 19.5. The molecule has 0 unspecified atom stereocenters. The van der Waals surface area contributed by atoms with Gasteiger partial charge < -0.3 is 9.64 Å². The lowest BCUT2D eigenvalue weighted by Crippen LogP contribution is -2.44. The number of likely N-dealkylation sites (tertiary alicyclic amines) is 1. The molecule has 0 N–H and O–H groups in total. The number of fused-ring (bicyclic) bond motifs is 1. The molecule has 2 heterocycles. The number of carbonyl (C=O) groups excluding carboxylic acids is 1. The summed E-state index contributed by atoms with van der Waals surface area (Å²) in [5, 5.41) is 2.79. The molecule has 5 heteroatoms. The smallest absolute Gasteiger partial charge is 0.273 e. The molecule has 4 rings (SSSR count). The zero-order valence-electron chi connectivity index (χ0n) is 14.6. The van der Waals surface area contributed by atoms with Gasteiger partial charge in [0.15, 0.2) is 0 Å². The van der Waals surface area contributed by atoms with Crippen molar-refractivity contribution < 1.29 is 9.53 Å². The van der Waals surface area contributed by atoms with Crippen LogP contribution < -0.4 is 4.74 Å². The van der Waals surface area contributed by atoms with E-state index >= 15 is 0 Å². The van der Waals surface area contributed by atoms with Crippen LogP contribution in [0.15, 0.2) is 29.6 Å². The van der Waals surface area contributed by atoms with Gasteiger partial charge in [-0.2, -0.15) is 0 Å². The number of aromatic nitrogens is 1. The Bertz CT molecular complexity index is 740. The van der Waals surface area contributed by atoms with Gasteiger partial charge in [0.05, 0.1) is 7.11 Å². The molecular weight excluding hydrogens is 332 g/mol. The predicted molar refractivity (Wildman–Crippen MR) is 100 cm³/mol. The van der Waals surface area contributed by atoms with Gasteiger partial charge in [-0.05, 0) is 48.9 Å². The van der Waals surface area contributed by atoms with Crippen molar-refractivity contribution in [2.24, 2.45) is 11.8 Å². The molecule has 0 spiro atoms. The molecule has 0 bridgehead atoms. The molecule has 1 amide bonds. The quantitative estimate of drug-likeness (QED) is 0.815. The molecule has 25 heavy (non-hydrogen) atoms. The zero-order chi connectivity index (χ0) is 17.2. The Balaban J connectivity index is 1.46. The Morgan fingerprint density at radius 3 is 2.68 bits per heavy atom. The summed E-state index contributed by atoms with van der Waals surface area (Å²) in [5.74, 6) is 2.46. The first-order valence-electron chi connectivity index (χ1n) is 9.14. The highest BCUT2D eigenvalue weighted by molar-refractivity contribution is 7.13. The zero-order valence-corrected chi connectivity index (χ0v) is 15.4. The maximum atomic E-state index is 12.9. The van der Waals surface area contributed by atoms with Crippen molar-refractivity contribution in [1.29, 1.82) is 0 Å². The molecule has 132 valence electrons. The third kappa shape index (κ3) is 3.43. The minimum atomic E-state index is 0.0973. The molecule has 2 fully saturated rings. The minimum absolute atomic E-state index is 0.0973. The van der Waals surface area contributed by atoms with Gasteiger partial charge in [0.25, 0.3) is 5.91 Å². The molecule has 1 aromatic carbocycles. The van der Waals surface area contributed by atoms with Crippen LogP contribution in [0.3, 0.4) is 0 Å². The molecular formula is C20H24N2O2S. The second-order valence-corrected chi connectivity index (χ2v) is 7.97. The highest BCUT2D eigenvalue weighted by atomic mass is 32.1. The molecule has 1 aliphatic carbocycles. The van der Waals surface area contributed by atoms with Crippen LogP contribution in [0.1, 0.15) is 42.6 Å². The number of ether oxygens (including phenoxy) is 1. The first-order valence-corrected chi connectivity index (χ1v) is 10.0. The number of piperidine rings is 1. The third-order valence-electron chi connectivity index (χ3n) is 5.64. The van der Waals surface area contributed by atoms with E-state index < -0.39 is 0 Å². The van der Waals surface area contributed by atoms with E-state index in [0.717, 1.165) is 41.7 Å². The maximum absolute atomic E-state index is 12.9. The van der Waals surface area contributed by atoms with Gasteiger partial charge in [-0.25, -0.2) is 4.98 Å². The summed E-state index contributed by atoms with van der Waals surface area (Å²) in [6, 6.07) is 7.82. The number of rotatable bonds is 3. The number of carbonyl (C=O) groups is 1. The Hall–Kier alpha value is -1.88. The molecule has 2 aliphatic rings. The van der Waals surface area contributed by atoms with Crippen molar-refractivity contribution in [1.82, 2.24) is 9.88 Å². The number of hydrogen-bond acceptors (Lipinski definition) is 4. The largest absolute Gasteiger partial charge is 0.497 e. The predicted octanol–water partition coefficient (Wildman–Crippen LogP) is 4.47. The monoisotopic (exact) mass is 356 g/mol. The molecule has 1 aromatic heterocycles. The molecule has 1 saturated heterocycles. The lowest BCUT2D eigenvalue weighted by atomic mass is 9.75. The summed E-state index contributed by atoms with van der Waals surface area (Å²) in [5.41, 5.74) is 1.61. The van der Waals surface area contributed by atoms with Crippen molar-refractivity contribution in [3.8, 4) is 16.3 Å². The lowest BCUT2D eigenvalue weighted by Gasteiger charge is -2.41. The average molecular weight is 356 g/mol. The van der Waals surface area contributed by atoms with E-state index in [9.17, 15) is 4.79 Å². The molecule has 0 radical (unpaired) electrons. The van der Waals surface area contributed by atoms with Crippen molar-refractivity contribution >= 4 is 17.2 Å². The Morgan fingerprint density at radius 1 is 1.16 bits per heavy atom. The van der Waals surface area contributed by atoms with E-state index in [2.05, 4.69) is 4.98 Å². The van der Waals surface area contributed by atoms with Crippen LogP contribution in [0, 0.1) is 11.8 Å². The van der Waals surface area contributed by atoms with E-state index in [4.69, 9.17) is 4.74 Å². The van der Waals surface area contributed by atoms with Crippen LogP contribution in [-0.4, -0.2) is 36.0 Å². The Morgan fingerprint density at radius 2 is 1.92 bits per heavy atom. The van der Waals surface area contributed by atoms with Gasteiger partial charge in [0, 0.05) is 24.0 Å². The first-order chi connectivity index (χ1) is 12.2. The number of amides is 1. The van der Waals surface area contributed by atoms with Crippen molar-refractivity contribution in [2.45, 2.75) is 32.1 Å². The van der Waals surface area contributed by atoms with Crippen molar-refractivity contribution in [2.75, 3.05) is 20.2 Å². The standard InChI is InChI=1S/C20H24N2O2S/c1-24-17-8-6-15(7-9-17)19-21-18(13-25-19)20(23)22-11-10-14-4-2-3-5-16(14)12-22/h6-9,13-14,16H,2-5,10-12H2,1H3/t14-,16+/m0/s1. The average Bonchev–Trinajstić information content (AvgIpc) is 3.17. The Kier molecular flexibility index (Phi) is 4.75. The number of hydrogen-bond donors (Lipinski definition) is 0. The van der Waals surface area contributed by atoms with Crippen LogP contribution in [0.2, 0.25) is 0 Å². The third-order valence-corrected chi connectivity index (χ3v) is 6.53. The normalized spacial score (nSPS) is 23.2. The summed E-state index contributed by atoms with van der Waals surface area (Å²) in [6.07, 6.45) is 6.48. The van der Waals surface area contributed by atoms with Crippen molar-refractivity contribution in [3.05, 3.63) is 35.3 Å². The van der Waals surface area contributed by atoms with Crippen LogP contribution in [0.5, 0.6) is 5.75 Å². The molecule has 2 aromatic rings. The summed E-state index contributed by atoms with van der Waals surface area (Å²) >= 11 is 1.53. The van der Waals surface area contributed by atoms with Gasteiger partial charge in [0.1, 0.15) is 16.5 Å². The highest BCUT2D eigenvalue weighted by Crippen LogP contribution is 2.36. The number of thiazole rings is 1. The topological polar surface area (TPSA) is 42.4 Å². The molecule has 1 saturated carbocycles. The minimum Gasteiger partial charge on any atom is -0.497 e. The SMILES string of the molecule is COc1ccc(-c2nc(C(=O)N3CC[C@@H]4CCCC[C@@H]4C3)cs2)cc1. The van der Waals surface area contributed by atoms with E-state index in [1.165, 1.54) is 37.0 Å². The second-order valence-electron chi connectivity index (χ2n) is 7.11. The van der Waals surface area contributed by atoms with E-state index in [-0.39, 0.29) is 5.91 Å². The van der Waals surface area contributed by atoms with Crippen LogP contribution in [0.25, 0.3) is 10.6 Å². The summed E-state index contributed by atoms with van der Waals surface area (Å²) < 4.78 is 5.19. The summed E-state index contributed by atoms with van der Waals surface area (Å²) in [6.45, 7) is 1.80. The fraction of sp³-hybridized carbons (Fsp3) is 0.500. The van der Waals surface area contributed by atoms with Crippen LogP contribution >= 0.6 is 11.3 Å². The van der Waals surface area contributed by atoms with Crippen molar-refractivity contribution in [3.63, 3.8) is 0 Å². The second kappa shape index (κ2) is 7.16. The van der Waals surface area contributed by atoms with Gasteiger partial charge in [-0.3, -0.25) is 4.79 Å². The summed E-state index contributed by atoms with van der Waals surface area (Å²) in [7, 11) is 1.66. The van der Waals surface area contributed by atoms with Gasteiger partial charge in [0.2, 0.25) is 0 Å². The van der Waals surface area contributed by atoms with E-state index in [0.29, 0.717) is 11.6 Å². The number of nitrogens with zero attached hydrogens (tertiary/aromatic N) is 2. The fourth-order valence-corrected chi connectivity index (χ4v) is 4.99. The van der Waals surface area contributed by atoms with Gasteiger partial charge in [-0.15, -0.1) is 11.3 Å². The van der Waals surface area contributed by atoms with Crippen LogP contribution in [-0.2, 0) is 0 Å². The molecule has 2 atom stereocenters. The first kappa shape index (κ1) is 16.6. The number of methoxy groups -OCH3 is 1. The van der Waals surface area contributed by atoms with Gasteiger partial charge >= 0.3 is 0 Å². The van der Waals surface area contributed by atoms with Gasteiger partial charge in [-0.1, -0.05) is 19.3 Å². The maximum Gasteiger partial charge on any atom is 0.273 e. The van der Waals surface area contributed by atoms with E-state index in [1.807, 2.05) is 34.5 Å². The Labute approximate surface area is 152 Å². The highest BCUT2D eigenvalue weighted by Gasteiger charge is 2.33. The van der Waals surface area contributed by atoms with E-state index in [1.54, 1.807) is 7.11 Å². The lowest BCUT2D eigenvalue weighted by molar-refractivity contribution is 0.0516.